The van der Waals surface area contributed by atoms with Crippen LogP contribution in [-0.2, 0) is 6.54 Å². The van der Waals surface area contributed by atoms with E-state index in [0.717, 1.165) is 5.56 Å². The van der Waals surface area contributed by atoms with Crippen molar-refractivity contribution in [1.82, 2.24) is 0 Å². The van der Waals surface area contributed by atoms with Crippen LogP contribution in [-0.4, -0.2) is 0 Å². The number of rotatable bonds is 1. The minimum absolute atomic E-state index is 0. The molecule has 12 heavy (non-hydrogen) atoms. The monoisotopic (exact) mass is 317 g/mol. The molecule has 1 rings (SSSR count). The van der Waals surface area contributed by atoms with Gasteiger partial charge in [-0.2, -0.15) is 0 Å². The van der Waals surface area contributed by atoms with Crippen LogP contribution in [0.1, 0.15) is 5.56 Å². The zero-order chi connectivity index (χ0) is 8.43. The Labute approximate surface area is 93.2 Å². The van der Waals surface area contributed by atoms with Crippen LogP contribution in [0.5, 0.6) is 0 Å². The highest BCUT2D eigenvalue weighted by molar-refractivity contribution is 9.11. The van der Waals surface area contributed by atoms with Crippen LogP contribution < -0.4 is 5.73 Å². The van der Waals surface area contributed by atoms with E-state index >= 15 is 0 Å². The van der Waals surface area contributed by atoms with Crippen molar-refractivity contribution in [3.63, 3.8) is 0 Å². The average Bonchev–Trinajstić information content (AvgIpc) is 1.97. The zero-order valence-electron chi connectivity index (χ0n) is 5.98. The molecule has 0 unspecified atom stereocenters. The van der Waals surface area contributed by atoms with Crippen molar-refractivity contribution >= 4 is 44.3 Å². The van der Waals surface area contributed by atoms with Crippen molar-refractivity contribution < 1.29 is 4.39 Å². The Hall–Kier alpha value is 0.360. The summed E-state index contributed by atoms with van der Waals surface area (Å²) in [6.45, 7) is 0.402. The summed E-state index contributed by atoms with van der Waals surface area (Å²) >= 11 is 6.27. The summed E-state index contributed by atoms with van der Waals surface area (Å²) < 4.78 is 13.9. The molecule has 0 saturated carbocycles. The molecule has 0 radical (unpaired) electrons. The van der Waals surface area contributed by atoms with Crippen LogP contribution in [0, 0.1) is 5.82 Å². The summed E-state index contributed by atoms with van der Waals surface area (Å²) in [5.41, 5.74) is 6.28. The Morgan fingerprint density at radius 1 is 1.25 bits per heavy atom. The maximum Gasteiger partial charge on any atom is 0.138 e. The van der Waals surface area contributed by atoms with Crippen LogP contribution in [0.4, 0.5) is 4.39 Å². The summed E-state index contributed by atoms with van der Waals surface area (Å²) in [4.78, 5) is 0. The van der Waals surface area contributed by atoms with Crippen molar-refractivity contribution in [3.8, 4) is 0 Å². The van der Waals surface area contributed by atoms with Gasteiger partial charge in [-0.1, -0.05) is 15.9 Å². The third kappa shape index (κ3) is 2.69. The van der Waals surface area contributed by atoms with E-state index in [2.05, 4.69) is 31.9 Å². The van der Waals surface area contributed by atoms with Crippen molar-refractivity contribution in [2.75, 3.05) is 0 Å². The van der Waals surface area contributed by atoms with Crippen LogP contribution in [0.15, 0.2) is 21.1 Å². The first-order chi connectivity index (χ1) is 5.15. The molecular formula is C7H7Br2ClFN. The van der Waals surface area contributed by atoms with Gasteiger partial charge in [0.05, 0.1) is 4.47 Å². The molecule has 0 amide bonds. The predicted octanol–water partition coefficient (Wildman–Crippen LogP) is 3.23. The van der Waals surface area contributed by atoms with Gasteiger partial charge in [-0.15, -0.1) is 12.4 Å². The van der Waals surface area contributed by atoms with Crippen molar-refractivity contribution in [2.45, 2.75) is 6.54 Å². The summed E-state index contributed by atoms with van der Waals surface area (Å²) in [6.07, 6.45) is 0. The second-order valence-electron chi connectivity index (χ2n) is 2.06. The molecule has 0 heterocycles. The molecule has 0 saturated heterocycles. The quantitative estimate of drug-likeness (QED) is 0.790. The van der Waals surface area contributed by atoms with E-state index in [-0.39, 0.29) is 18.2 Å². The summed E-state index contributed by atoms with van der Waals surface area (Å²) in [5.74, 6) is -0.283. The standard InChI is InChI=1S/C7H6Br2FN.ClH/c8-5-2-7(10)6(9)1-4(5)3-11;/h1-2H,3,11H2;1H. The molecule has 0 aliphatic rings. The minimum atomic E-state index is -0.283. The SMILES string of the molecule is Cl.NCc1cc(Br)c(F)cc1Br. The lowest BCUT2D eigenvalue weighted by atomic mass is 10.2. The molecule has 0 bridgehead atoms. The normalized spacial score (nSPS) is 9.33. The van der Waals surface area contributed by atoms with Crippen LogP contribution in [0.2, 0.25) is 0 Å². The number of hydrogen-bond donors (Lipinski definition) is 1. The van der Waals surface area contributed by atoms with Crippen LogP contribution in [0.25, 0.3) is 0 Å². The van der Waals surface area contributed by atoms with Gasteiger partial charge in [-0.25, -0.2) is 4.39 Å². The Kier molecular flexibility index (Phi) is 5.32. The molecule has 2 N–H and O–H groups in total. The molecule has 0 aliphatic carbocycles. The summed E-state index contributed by atoms with van der Waals surface area (Å²) in [7, 11) is 0. The maximum absolute atomic E-state index is 12.8. The molecule has 1 aromatic rings. The lowest BCUT2D eigenvalue weighted by molar-refractivity contribution is 0.619. The Morgan fingerprint density at radius 3 is 2.33 bits per heavy atom. The molecular weight excluding hydrogens is 312 g/mol. The van der Waals surface area contributed by atoms with Gasteiger partial charge >= 0.3 is 0 Å². The van der Waals surface area contributed by atoms with Crippen molar-refractivity contribution in [2.24, 2.45) is 5.73 Å². The van der Waals surface area contributed by atoms with Gasteiger partial charge in [0.25, 0.3) is 0 Å². The number of nitrogens with two attached hydrogens (primary N) is 1. The molecule has 5 heteroatoms. The number of benzene rings is 1. The highest BCUT2D eigenvalue weighted by atomic mass is 79.9. The topological polar surface area (TPSA) is 26.0 Å². The first-order valence-electron chi connectivity index (χ1n) is 2.98. The van der Waals surface area contributed by atoms with E-state index < -0.39 is 0 Å². The summed E-state index contributed by atoms with van der Waals surface area (Å²) in [6, 6.07) is 3.06. The van der Waals surface area contributed by atoms with Gasteiger partial charge in [0, 0.05) is 11.0 Å². The zero-order valence-corrected chi connectivity index (χ0v) is 9.97. The highest BCUT2D eigenvalue weighted by Crippen LogP contribution is 2.24. The van der Waals surface area contributed by atoms with E-state index in [1.54, 1.807) is 6.07 Å². The van der Waals surface area contributed by atoms with Gasteiger partial charge in [0.1, 0.15) is 5.82 Å². The fourth-order valence-corrected chi connectivity index (χ4v) is 1.59. The minimum Gasteiger partial charge on any atom is -0.326 e. The van der Waals surface area contributed by atoms with Crippen molar-refractivity contribution in [1.29, 1.82) is 0 Å². The molecule has 1 aromatic carbocycles. The molecule has 0 atom stereocenters. The smallest absolute Gasteiger partial charge is 0.138 e. The fraction of sp³-hybridized carbons (Fsp3) is 0.143. The largest absolute Gasteiger partial charge is 0.326 e. The first kappa shape index (κ1) is 12.4. The molecule has 0 spiro atoms. The second kappa shape index (κ2) is 5.17. The van der Waals surface area contributed by atoms with Gasteiger partial charge in [-0.05, 0) is 33.6 Å². The maximum atomic E-state index is 12.8. The second-order valence-corrected chi connectivity index (χ2v) is 3.77. The van der Waals surface area contributed by atoms with Gasteiger partial charge < -0.3 is 5.73 Å². The van der Waals surface area contributed by atoms with Crippen LogP contribution >= 0.6 is 44.3 Å². The van der Waals surface area contributed by atoms with Crippen LogP contribution in [0.3, 0.4) is 0 Å². The van der Waals surface area contributed by atoms with Gasteiger partial charge in [-0.3, -0.25) is 0 Å². The fourth-order valence-electron chi connectivity index (χ4n) is 0.720. The molecule has 0 aliphatic heterocycles. The lowest BCUT2D eigenvalue weighted by Gasteiger charge is -2.02. The molecule has 68 valence electrons. The average molecular weight is 319 g/mol. The van der Waals surface area contributed by atoms with Gasteiger partial charge in [0.2, 0.25) is 0 Å². The summed E-state index contributed by atoms with van der Waals surface area (Å²) in [5, 5.41) is 0. The van der Waals surface area contributed by atoms with E-state index in [0.29, 0.717) is 15.5 Å². The third-order valence-corrected chi connectivity index (χ3v) is 2.66. The van der Waals surface area contributed by atoms with E-state index in [4.69, 9.17) is 5.73 Å². The number of halogens is 4. The Morgan fingerprint density at radius 2 is 1.83 bits per heavy atom. The molecule has 1 nitrogen and oxygen atoms in total. The van der Waals surface area contributed by atoms with Crippen molar-refractivity contribution in [3.05, 3.63) is 32.5 Å². The Balaban J connectivity index is 0.00000121. The van der Waals surface area contributed by atoms with E-state index in [9.17, 15) is 4.39 Å². The van der Waals surface area contributed by atoms with Gasteiger partial charge in [0.15, 0.2) is 0 Å². The Bertz CT molecular complexity index is 280. The first-order valence-corrected chi connectivity index (χ1v) is 4.57. The number of hydrogen-bond acceptors (Lipinski definition) is 1. The third-order valence-electron chi connectivity index (χ3n) is 1.31. The predicted molar refractivity (Wildman–Crippen MR) is 56.9 cm³/mol. The molecule has 0 aromatic heterocycles. The highest BCUT2D eigenvalue weighted by Gasteiger charge is 2.03. The molecule has 0 fully saturated rings. The lowest BCUT2D eigenvalue weighted by Crippen LogP contribution is -1.97. The van der Waals surface area contributed by atoms with E-state index in [1.165, 1.54) is 6.07 Å². The van der Waals surface area contributed by atoms with E-state index in [1.807, 2.05) is 0 Å².